The lowest BCUT2D eigenvalue weighted by Crippen LogP contribution is -2.50. The van der Waals surface area contributed by atoms with E-state index in [2.05, 4.69) is 5.32 Å². The second kappa shape index (κ2) is 8.10. The molecule has 3 N–H and O–H groups in total. The first-order valence-electron chi connectivity index (χ1n) is 8.87. The maximum Gasteiger partial charge on any atom is 0.254 e. The summed E-state index contributed by atoms with van der Waals surface area (Å²) < 4.78 is 26.9. The molecule has 3 rings (SSSR count). The van der Waals surface area contributed by atoms with Gasteiger partial charge >= 0.3 is 0 Å². The van der Waals surface area contributed by atoms with Gasteiger partial charge in [-0.25, -0.2) is 8.42 Å². The van der Waals surface area contributed by atoms with Crippen molar-refractivity contribution in [2.45, 2.75) is 11.8 Å². The first-order chi connectivity index (χ1) is 13.7. The quantitative estimate of drug-likeness (QED) is 0.683. The molecule has 1 fully saturated rings. The Morgan fingerprint density at radius 1 is 0.931 bits per heavy atom. The zero-order valence-electron chi connectivity index (χ0n) is 15.7. The summed E-state index contributed by atoms with van der Waals surface area (Å²) in [6.07, 6.45) is 0. The van der Waals surface area contributed by atoms with Crippen molar-refractivity contribution in [2.75, 3.05) is 31.5 Å². The predicted molar refractivity (Wildman–Crippen MR) is 105 cm³/mol. The lowest BCUT2D eigenvalue weighted by Gasteiger charge is -2.34. The largest absolute Gasteiger partial charge is 0.508 e. The number of anilines is 1. The van der Waals surface area contributed by atoms with Crippen LogP contribution in [0.4, 0.5) is 5.69 Å². The van der Waals surface area contributed by atoms with Crippen molar-refractivity contribution in [3.8, 4) is 11.5 Å². The van der Waals surface area contributed by atoms with Gasteiger partial charge in [0.2, 0.25) is 15.9 Å². The highest BCUT2D eigenvalue weighted by Gasteiger charge is 2.30. The molecule has 1 saturated heterocycles. The molecule has 2 aromatic carbocycles. The van der Waals surface area contributed by atoms with Crippen LogP contribution in [0.3, 0.4) is 0 Å². The number of aromatic hydroxyl groups is 2. The molecule has 10 heteroatoms. The number of carbonyl (C=O) groups excluding carboxylic acids is 2. The summed E-state index contributed by atoms with van der Waals surface area (Å²) >= 11 is 0. The summed E-state index contributed by atoms with van der Waals surface area (Å²) in [6.45, 7) is 1.96. The topological polar surface area (TPSA) is 127 Å². The van der Waals surface area contributed by atoms with Gasteiger partial charge in [0.05, 0.1) is 4.90 Å². The van der Waals surface area contributed by atoms with E-state index in [1.165, 1.54) is 52.5 Å². The third-order valence-corrected chi connectivity index (χ3v) is 6.40. The number of hydrogen-bond acceptors (Lipinski definition) is 6. The number of amides is 2. The molecular formula is C19H21N3O6S. The molecule has 154 valence electrons. The molecule has 2 amide bonds. The van der Waals surface area contributed by atoms with Crippen LogP contribution < -0.4 is 5.32 Å². The fourth-order valence-electron chi connectivity index (χ4n) is 3.10. The Balaban J connectivity index is 1.67. The number of sulfonamides is 1. The Hall–Kier alpha value is -3.11. The van der Waals surface area contributed by atoms with E-state index in [1.807, 2.05) is 0 Å². The standard InChI is InChI=1S/C19H21N3O6S/c1-13(23)20-15-2-4-18(5-3-15)29(27,28)22-8-6-21(7-9-22)19(26)14-10-16(24)12-17(25)11-14/h2-5,10-12,24-25H,6-9H2,1H3,(H,20,23). The SMILES string of the molecule is CC(=O)Nc1ccc(S(=O)(=O)N2CCN(C(=O)c3cc(O)cc(O)c3)CC2)cc1. The number of carbonyl (C=O) groups is 2. The van der Waals surface area contributed by atoms with E-state index in [-0.39, 0.29) is 54.0 Å². The number of nitrogens with one attached hydrogen (secondary N) is 1. The molecule has 2 aromatic rings. The highest BCUT2D eigenvalue weighted by Crippen LogP contribution is 2.23. The lowest BCUT2D eigenvalue weighted by atomic mass is 10.1. The molecule has 0 atom stereocenters. The molecule has 1 aliphatic rings. The summed E-state index contributed by atoms with van der Waals surface area (Å²) in [6, 6.07) is 9.51. The molecule has 0 unspecified atom stereocenters. The summed E-state index contributed by atoms with van der Waals surface area (Å²) in [5, 5.41) is 21.7. The minimum Gasteiger partial charge on any atom is -0.508 e. The fraction of sp³-hybridized carbons (Fsp3) is 0.263. The van der Waals surface area contributed by atoms with Gasteiger partial charge in [-0.2, -0.15) is 4.31 Å². The van der Waals surface area contributed by atoms with Crippen molar-refractivity contribution >= 4 is 27.5 Å². The van der Waals surface area contributed by atoms with Crippen LogP contribution in [0, 0.1) is 0 Å². The van der Waals surface area contributed by atoms with Gasteiger partial charge in [0, 0.05) is 50.4 Å². The number of hydrogen-bond donors (Lipinski definition) is 3. The summed E-state index contributed by atoms with van der Waals surface area (Å²) in [7, 11) is -3.73. The van der Waals surface area contributed by atoms with Crippen molar-refractivity contribution in [1.29, 1.82) is 0 Å². The van der Waals surface area contributed by atoms with E-state index >= 15 is 0 Å². The first kappa shape index (κ1) is 20.6. The minimum atomic E-state index is -3.73. The van der Waals surface area contributed by atoms with Crippen molar-refractivity contribution in [2.24, 2.45) is 0 Å². The smallest absolute Gasteiger partial charge is 0.254 e. The van der Waals surface area contributed by atoms with Gasteiger partial charge in [0.15, 0.2) is 0 Å². The Morgan fingerprint density at radius 2 is 1.48 bits per heavy atom. The Labute approximate surface area is 168 Å². The third kappa shape index (κ3) is 4.66. The number of phenols is 2. The van der Waals surface area contributed by atoms with E-state index in [0.717, 1.165) is 6.07 Å². The molecule has 0 saturated carbocycles. The molecule has 0 bridgehead atoms. The number of benzene rings is 2. The highest BCUT2D eigenvalue weighted by atomic mass is 32.2. The van der Waals surface area contributed by atoms with Crippen molar-refractivity contribution in [3.63, 3.8) is 0 Å². The van der Waals surface area contributed by atoms with Crippen LogP contribution in [0.15, 0.2) is 47.4 Å². The molecule has 0 aliphatic carbocycles. The normalized spacial score (nSPS) is 15.1. The van der Waals surface area contributed by atoms with Gasteiger partial charge in [-0.15, -0.1) is 0 Å². The molecule has 29 heavy (non-hydrogen) atoms. The molecule has 1 aliphatic heterocycles. The van der Waals surface area contributed by atoms with Gasteiger partial charge in [0.25, 0.3) is 5.91 Å². The van der Waals surface area contributed by atoms with Crippen LogP contribution in [-0.2, 0) is 14.8 Å². The molecular weight excluding hydrogens is 398 g/mol. The second-order valence-electron chi connectivity index (χ2n) is 6.64. The van der Waals surface area contributed by atoms with Crippen molar-refractivity contribution in [1.82, 2.24) is 9.21 Å². The Kier molecular flexibility index (Phi) is 5.76. The monoisotopic (exact) mass is 419 g/mol. The highest BCUT2D eigenvalue weighted by molar-refractivity contribution is 7.89. The van der Waals surface area contributed by atoms with Crippen LogP contribution in [0.25, 0.3) is 0 Å². The van der Waals surface area contributed by atoms with E-state index < -0.39 is 15.9 Å². The average Bonchev–Trinajstić information content (AvgIpc) is 2.67. The van der Waals surface area contributed by atoms with Crippen molar-refractivity contribution < 1.29 is 28.2 Å². The molecule has 1 heterocycles. The van der Waals surface area contributed by atoms with Crippen LogP contribution in [0.2, 0.25) is 0 Å². The maximum atomic E-state index is 12.8. The van der Waals surface area contributed by atoms with Gasteiger partial charge in [0.1, 0.15) is 11.5 Å². The number of piperazine rings is 1. The Morgan fingerprint density at radius 3 is 2.00 bits per heavy atom. The number of nitrogens with zero attached hydrogens (tertiary/aromatic N) is 2. The number of rotatable bonds is 4. The average molecular weight is 419 g/mol. The Bertz CT molecular complexity index is 1010. The van der Waals surface area contributed by atoms with E-state index in [1.54, 1.807) is 0 Å². The van der Waals surface area contributed by atoms with Crippen LogP contribution in [0.1, 0.15) is 17.3 Å². The zero-order chi connectivity index (χ0) is 21.2. The van der Waals surface area contributed by atoms with Crippen LogP contribution in [0.5, 0.6) is 11.5 Å². The summed E-state index contributed by atoms with van der Waals surface area (Å²) in [4.78, 5) is 25.2. The predicted octanol–water partition coefficient (Wildman–Crippen LogP) is 1.20. The van der Waals surface area contributed by atoms with E-state index in [4.69, 9.17) is 0 Å². The first-order valence-corrected chi connectivity index (χ1v) is 10.3. The van der Waals surface area contributed by atoms with Gasteiger partial charge < -0.3 is 20.4 Å². The molecule has 0 radical (unpaired) electrons. The minimum absolute atomic E-state index is 0.101. The van der Waals surface area contributed by atoms with Gasteiger partial charge in [-0.3, -0.25) is 9.59 Å². The molecule has 0 spiro atoms. The van der Waals surface area contributed by atoms with E-state index in [9.17, 15) is 28.2 Å². The van der Waals surface area contributed by atoms with Crippen molar-refractivity contribution in [3.05, 3.63) is 48.0 Å². The molecule has 9 nitrogen and oxygen atoms in total. The second-order valence-corrected chi connectivity index (χ2v) is 8.58. The third-order valence-electron chi connectivity index (χ3n) is 4.49. The van der Waals surface area contributed by atoms with Gasteiger partial charge in [-0.05, 0) is 36.4 Å². The lowest BCUT2D eigenvalue weighted by molar-refractivity contribution is -0.114. The fourth-order valence-corrected chi connectivity index (χ4v) is 4.52. The maximum absolute atomic E-state index is 12.8. The van der Waals surface area contributed by atoms with E-state index in [0.29, 0.717) is 5.69 Å². The van der Waals surface area contributed by atoms with Crippen LogP contribution in [-0.4, -0.2) is 65.8 Å². The molecule has 0 aromatic heterocycles. The summed E-state index contributed by atoms with van der Waals surface area (Å²) in [5.74, 6) is -1.09. The van der Waals surface area contributed by atoms with Gasteiger partial charge in [-0.1, -0.05) is 0 Å². The zero-order valence-corrected chi connectivity index (χ0v) is 16.5. The number of phenolic OH excluding ortho intramolecular Hbond substituents is 2. The van der Waals surface area contributed by atoms with Crippen LogP contribution >= 0.6 is 0 Å². The summed E-state index contributed by atoms with van der Waals surface area (Å²) in [5.41, 5.74) is 0.633.